The second-order valence-electron chi connectivity index (χ2n) is 8.63. The van der Waals surface area contributed by atoms with Gasteiger partial charge in [-0.25, -0.2) is 9.07 Å². The molecule has 3 aromatic rings. The molecule has 7 nitrogen and oxygen atoms in total. The minimum atomic E-state index is -0.275. The Bertz CT molecular complexity index is 1060. The number of aromatic nitrogens is 3. The Hall–Kier alpha value is -2.97. The van der Waals surface area contributed by atoms with Crippen LogP contribution in [0.4, 0.5) is 21.7 Å². The number of aryl methyl sites for hydroxylation is 1. The predicted molar refractivity (Wildman–Crippen MR) is 127 cm³/mol. The van der Waals surface area contributed by atoms with Gasteiger partial charge < -0.3 is 20.0 Å². The molecule has 0 aliphatic carbocycles. The lowest BCUT2D eigenvalue weighted by Crippen LogP contribution is -2.44. The summed E-state index contributed by atoms with van der Waals surface area (Å²) in [6.07, 6.45) is 1.61. The molecule has 1 aliphatic heterocycles. The van der Waals surface area contributed by atoms with Crippen LogP contribution >= 0.6 is 0 Å². The van der Waals surface area contributed by atoms with Crippen LogP contribution in [0.1, 0.15) is 18.1 Å². The first-order chi connectivity index (χ1) is 15.4. The summed E-state index contributed by atoms with van der Waals surface area (Å²) in [5, 5.41) is 7.84. The first kappa shape index (κ1) is 22.2. The quantitative estimate of drug-likeness (QED) is 0.609. The fourth-order valence-corrected chi connectivity index (χ4v) is 3.94. The summed E-state index contributed by atoms with van der Waals surface area (Å²) in [6, 6.07) is 11.4. The SMILES string of the molecule is CCN(C)Cc1cc(F)cc(-n2cnc(Nc3cc(C)cc(N4CCN(C)CC4)c3)n2)c1. The molecule has 32 heavy (non-hydrogen) atoms. The molecule has 1 N–H and O–H groups in total. The molecule has 1 fully saturated rings. The molecular weight excluding hydrogens is 405 g/mol. The number of rotatable bonds is 7. The Morgan fingerprint density at radius 1 is 1.03 bits per heavy atom. The smallest absolute Gasteiger partial charge is 0.246 e. The third kappa shape index (κ3) is 5.44. The van der Waals surface area contributed by atoms with E-state index in [0.29, 0.717) is 18.2 Å². The van der Waals surface area contributed by atoms with E-state index < -0.39 is 0 Å². The molecule has 4 rings (SSSR count). The highest BCUT2D eigenvalue weighted by atomic mass is 19.1. The number of anilines is 3. The number of benzene rings is 2. The molecule has 0 bridgehead atoms. The van der Waals surface area contributed by atoms with E-state index in [-0.39, 0.29) is 5.82 Å². The van der Waals surface area contributed by atoms with Crippen molar-refractivity contribution < 1.29 is 4.39 Å². The van der Waals surface area contributed by atoms with E-state index in [2.05, 4.69) is 69.2 Å². The van der Waals surface area contributed by atoms with Gasteiger partial charge in [0, 0.05) is 44.1 Å². The highest BCUT2D eigenvalue weighted by Gasteiger charge is 2.15. The number of nitrogens with zero attached hydrogens (tertiary/aromatic N) is 6. The highest BCUT2D eigenvalue weighted by Crippen LogP contribution is 2.25. The standard InChI is InChI=1S/C24H32FN7/c1-5-29(3)16-19-12-20(25)14-23(13-19)32-17-26-24(28-32)27-21-10-18(2)11-22(15-21)31-8-6-30(4)7-9-31/h10-15,17H,5-9,16H2,1-4H3,(H,27,28). The molecule has 0 saturated carbocycles. The molecule has 0 spiro atoms. The highest BCUT2D eigenvalue weighted by molar-refractivity contribution is 5.64. The molecule has 0 unspecified atom stereocenters. The minimum Gasteiger partial charge on any atom is -0.369 e. The van der Waals surface area contributed by atoms with Crippen molar-refractivity contribution in [1.29, 1.82) is 0 Å². The molecule has 1 saturated heterocycles. The van der Waals surface area contributed by atoms with Gasteiger partial charge in [0.1, 0.15) is 12.1 Å². The number of hydrogen-bond donors (Lipinski definition) is 1. The number of halogens is 1. The zero-order valence-electron chi connectivity index (χ0n) is 19.3. The van der Waals surface area contributed by atoms with Gasteiger partial charge in [0.05, 0.1) is 5.69 Å². The Kier molecular flexibility index (Phi) is 6.72. The summed E-state index contributed by atoms with van der Waals surface area (Å²) in [6.45, 7) is 9.91. The second-order valence-corrected chi connectivity index (χ2v) is 8.63. The van der Waals surface area contributed by atoms with Gasteiger partial charge in [0.15, 0.2) is 0 Å². The molecular formula is C24H32FN7. The van der Waals surface area contributed by atoms with Crippen LogP contribution in [0.5, 0.6) is 0 Å². The van der Waals surface area contributed by atoms with Crippen LogP contribution in [0.2, 0.25) is 0 Å². The van der Waals surface area contributed by atoms with Gasteiger partial charge in [-0.3, -0.25) is 0 Å². The largest absolute Gasteiger partial charge is 0.369 e. The van der Waals surface area contributed by atoms with Gasteiger partial charge in [-0.2, -0.15) is 4.98 Å². The van der Waals surface area contributed by atoms with E-state index in [1.54, 1.807) is 17.1 Å². The predicted octanol–water partition coefficient (Wildman–Crippen LogP) is 3.66. The van der Waals surface area contributed by atoms with Crippen molar-refractivity contribution >= 4 is 17.3 Å². The summed E-state index contributed by atoms with van der Waals surface area (Å²) in [4.78, 5) is 11.3. The Balaban J connectivity index is 1.51. The Morgan fingerprint density at radius 2 is 1.81 bits per heavy atom. The lowest BCUT2D eigenvalue weighted by molar-refractivity contribution is 0.313. The number of hydrogen-bond acceptors (Lipinski definition) is 6. The number of nitrogens with one attached hydrogen (secondary N) is 1. The van der Waals surface area contributed by atoms with Crippen molar-refractivity contribution in [3.8, 4) is 5.69 Å². The fraction of sp³-hybridized carbons (Fsp3) is 0.417. The van der Waals surface area contributed by atoms with E-state index in [9.17, 15) is 4.39 Å². The van der Waals surface area contributed by atoms with Crippen molar-refractivity contribution in [2.45, 2.75) is 20.4 Å². The average molecular weight is 438 g/mol. The molecule has 0 amide bonds. The third-order valence-corrected chi connectivity index (χ3v) is 5.88. The zero-order valence-corrected chi connectivity index (χ0v) is 19.3. The maximum absolute atomic E-state index is 14.2. The van der Waals surface area contributed by atoms with Crippen LogP contribution in [0, 0.1) is 12.7 Å². The van der Waals surface area contributed by atoms with E-state index in [1.165, 1.54) is 17.3 Å². The Morgan fingerprint density at radius 3 is 2.56 bits per heavy atom. The number of piperazine rings is 1. The topological polar surface area (TPSA) is 52.5 Å². The maximum atomic E-state index is 14.2. The van der Waals surface area contributed by atoms with Crippen molar-refractivity contribution in [2.75, 3.05) is 57.0 Å². The van der Waals surface area contributed by atoms with Crippen molar-refractivity contribution in [3.63, 3.8) is 0 Å². The van der Waals surface area contributed by atoms with Crippen LogP contribution in [0.3, 0.4) is 0 Å². The van der Waals surface area contributed by atoms with Crippen molar-refractivity contribution in [2.24, 2.45) is 0 Å². The molecule has 2 aromatic carbocycles. The van der Waals surface area contributed by atoms with Crippen LogP contribution in [0.15, 0.2) is 42.7 Å². The summed E-state index contributed by atoms with van der Waals surface area (Å²) in [5.41, 5.74) is 4.89. The molecule has 1 aliphatic rings. The lowest BCUT2D eigenvalue weighted by Gasteiger charge is -2.34. The third-order valence-electron chi connectivity index (χ3n) is 5.88. The monoisotopic (exact) mass is 437 g/mol. The number of likely N-dealkylation sites (N-methyl/N-ethyl adjacent to an activating group) is 1. The summed E-state index contributed by atoms with van der Waals surface area (Å²) in [5.74, 6) is 0.207. The average Bonchev–Trinajstić information content (AvgIpc) is 3.22. The van der Waals surface area contributed by atoms with Gasteiger partial charge >= 0.3 is 0 Å². The normalized spacial score (nSPS) is 14.9. The first-order valence-corrected chi connectivity index (χ1v) is 11.1. The summed E-state index contributed by atoms with van der Waals surface area (Å²) < 4.78 is 15.8. The molecule has 0 radical (unpaired) electrons. The van der Waals surface area contributed by atoms with Crippen LogP contribution in [-0.4, -0.2) is 71.4 Å². The molecule has 2 heterocycles. The molecule has 170 valence electrons. The fourth-order valence-electron chi connectivity index (χ4n) is 3.94. The molecule has 8 heteroatoms. The maximum Gasteiger partial charge on any atom is 0.246 e. The van der Waals surface area contributed by atoms with E-state index >= 15 is 0 Å². The Labute approximate surface area is 189 Å². The minimum absolute atomic E-state index is 0.275. The molecule has 1 aromatic heterocycles. The van der Waals surface area contributed by atoms with Crippen molar-refractivity contribution in [3.05, 3.63) is 59.7 Å². The first-order valence-electron chi connectivity index (χ1n) is 11.1. The van der Waals surface area contributed by atoms with Gasteiger partial charge in [-0.1, -0.05) is 6.92 Å². The lowest BCUT2D eigenvalue weighted by atomic mass is 10.1. The van der Waals surface area contributed by atoms with E-state index in [0.717, 1.165) is 44.0 Å². The summed E-state index contributed by atoms with van der Waals surface area (Å²) >= 11 is 0. The van der Waals surface area contributed by atoms with Crippen LogP contribution in [-0.2, 0) is 6.54 Å². The van der Waals surface area contributed by atoms with Gasteiger partial charge in [-0.05, 0) is 75.1 Å². The van der Waals surface area contributed by atoms with Crippen molar-refractivity contribution in [1.82, 2.24) is 24.6 Å². The van der Waals surface area contributed by atoms with E-state index in [4.69, 9.17) is 0 Å². The van der Waals surface area contributed by atoms with Gasteiger partial charge in [-0.15, -0.1) is 5.10 Å². The second kappa shape index (κ2) is 9.67. The van der Waals surface area contributed by atoms with Gasteiger partial charge in [0.25, 0.3) is 0 Å². The zero-order chi connectivity index (χ0) is 22.7. The summed E-state index contributed by atoms with van der Waals surface area (Å²) in [7, 11) is 4.17. The molecule has 0 atom stereocenters. The van der Waals surface area contributed by atoms with Gasteiger partial charge in [0.2, 0.25) is 5.95 Å². The van der Waals surface area contributed by atoms with Crippen LogP contribution in [0.25, 0.3) is 5.69 Å². The van der Waals surface area contributed by atoms with E-state index in [1.807, 2.05) is 13.1 Å². The van der Waals surface area contributed by atoms with Crippen LogP contribution < -0.4 is 10.2 Å².